The zero-order valence-corrected chi connectivity index (χ0v) is 16.4. The van der Waals surface area contributed by atoms with E-state index in [-0.39, 0.29) is 23.6 Å². The number of phenols is 1. The largest absolute Gasteiger partial charge is 0.508 e. The summed E-state index contributed by atoms with van der Waals surface area (Å²) in [6.07, 6.45) is 2.02. The number of hydrogen-bond acceptors (Lipinski definition) is 4. The highest BCUT2D eigenvalue weighted by Gasteiger charge is 2.24. The van der Waals surface area contributed by atoms with Gasteiger partial charge >= 0.3 is 0 Å². The van der Waals surface area contributed by atoms with Gasteiger partial charge in [0, 0.05) is 24.6 Å². The third-order valence-electron chi connectivity index (χ3n) is 5.51. The molecule has 0 saturated carbocycles. The quantitative estimate of drug-likeness (QED) is 0.766. The van der Waals surface area contributed by atoms with E-state index in [9.17, 15) is 9.90 Å². The molecule has 3 rings (SSSR count). The molecule has 1 aliphatic heterocycles. The number of aromatic hydroxyl groups is 1. The highest BCUT2D eigenvalue weighted by atomic mass is 16.5. The molecule has 0 radical (unpaired) electrons. The second-order valence-electron chi connectivity index (χ2n) is 7.71. The van der Waals surface area contributed by atoms with Crippen LogP contribution in [0, 0.1) is 5.92 Å². The molecule has 1 fully saturated rings. The van der Waals surface area contributed by atoms with Gasteiger partial charge in [0.25, 0.3) is 0 Å². The Morgan fingerprint density at radius 1 is 1.15 bits per heavy atom. The molecule has 0 bridgehead atoms. The zero-order valence-electron chi connectivity index (χ0n) is 16.4. The van der Waals surface area contributed by atoms with Gasteiger partial charge in [-0.15, -0.1) is 0 Å². The maximum absolute atomic E-state index is 11.5. The van der Waals surface area contributed by atoms with Crippen molar-refractivity contribution in [2.75, 3.05) is 18.0 Å². The third kappa shape index (κ3) is 5.03. The van der Waals surface area contributed by atoms with Crippen LogP contribution in [0.5, 0.6) is 11.5 Å². The van der Waals surface area contributed by atoms with Gasteiger partial charge in [-0.25, -0.2) is 0 Å². The van der Waals surface area contributed by atoms with Crippen LogP contribution in [0.2, 0.25) is 0 Å². The Kier molecular flexibility index (Phi) is 6.04. The normalized spacial score (nSPS) is 18.9. The van der Waals surface area contributed by atoms with Crippen LogP contribution < -0.4 is 9.64 Å². The number of benzene rings is 2. The van der Waals surface area contributed by atoms with Crippen LogP contribution >= 0.6 is 0 Å². The van der Waals surface area contributed by atoms with Crippen molar-refractivity contribution in [2.45, 2.75) is 45.6 Å². The lowest BCUT2D eigenvalue weighted by Crippen LogP contribution is -2.24. The van der Waals surface area contributed by atoms with Crippen LogP contribution in [-0.4, -0.2) is 30.1 Å². The standard InChI is InChI=1S/C23H29NO3/c1-16(18(3)25)14-17(2)19-4-10-22(11-5-19)27-23-12-13-24(15-23)20-6-8-21(26)9-7-20/h4-11,16-17,23,26H,12-15H2,1-3H3. The number of hydrogen-bond donors (Lipinski definition) is 1. The van der Waals surface area contributed by atoms with Gasteiger partial charge in [-0.1, -0.05) is 26.0 Å². The van der Waals surface area contributed by atoms with Gasteiger partial charge in [-0.05, 0) is 61.2 Å². The summed E-state index contributed by atoms with van der Waals surface area (Å²) < 4.78 is 6.16. The highest BCUT2D eigenvalue weighted by Crippen LogP contribution is 2.28. The predicted octanol–water partition coefficient (Wildman–Crippen LogP) is 4.77. The molecule has 4 heteroatoms. The van der Waals surface area contributed by atoms with E-state index in [1.54, 1.807) is 19.1 Å². The summed E-state index contributed by atoms with van der Waals surface area (Å²) in [6, 6.07) is 15.6. The van der Waals surface area contributed by atoms with E-state index in [0.717, 1.165) is 37.4 Å². The van der Waals surface area contributed by atoms with Crippen LogP contribution in [-0.2, 0) is 4.79 Å². The van der Waals surface area contributed by atoms with Crippen LogP contribution in [0.4, 0.5) is 5.69 Å². The minimum absolute atomic E-state index is 0.0975. The summed E-state index contributed by atoms with van der Waals surface area (Å²) in [7, 11) is 0. The van der Waals surface area contributed by atoms with Crippen molar-refractivity contribution < 1.29 is 14.6 Å². The smallest absolute Gasteiger partial charge is 0.132 e. The van der Waals surface area contributed by atoms with Gasteiger partial charge in [0.05, 0.1) is 6.54 Å². The Morgan fingerprint density at radius 2 is 1.81 bits per heavy atom. The fraction of sp³-hybridized carbons (Fsp3) is 0.435. The lowest BCUT2D eigenvalue weighted by molar-refractivity contribution is -0.120. The van der Waals surface area contributed by atoms with E-state index < -0.39 is 0 Å². The molecule has 3 unspecified atom stereocenters. The molecule has 1 N–H and O–H groups in total. The number of carbonyl (C=O) groups excluding carboxylic acids is 1. The van der Waals surface area contributed by atoms with Crippen LogP contribution in [0.25, 0.3) is 0 Å². The van der Waals surface area contributed by atoms with Crippen molar-refractivity contribution in [1.82, 2.24) is 0 Å². The Bertz CT molecular complexity index is 754. The summed E-state index contributed by atoms with van der Waals surface area (Å²) in [5.74, 6) is 1.89. The molecular formula is C23H29NO3. The predicted molar refractivity (Wildman–Crippen MR) is 109 cm³/mol. The van der Waals surface area contributed by atoms with Crippen molar-refractivity contribution >= 4 is 11.5 Å². The number of ketones is 1. The summed E-state index contributed by atoms with van der Waals surface area (Å²) in [5, 5.41) is 9.42. The number of ether oxygens (including phenoxy) is 1. The molecule has 3 atom stereocenters. The van der Waals surface area contributed by atoms with E-state index in [1.165, 1.54) is 5.56 Å². The summed E-state index contributed by atoms with van der Waals surface area (Å²) in [4.78, 5) is 13.7. The molecule has 144 valence electrons. The van der Waals surface area contributed by atoms with E-state index in [0.29, 0.717) is 5.92 Å². The van der Waals surface area contributed by atoms with Crippen LogP contribution in [0.15, 0.2) is 48.5 Å². The molecule has 1 heterocycles. The zero-order chi connectivity index (χ0) is 19.4. The lowest BCUT2D eigenvalue weighted by atomic mass is 9.89. The number of phenolic OH excluding ortho intramolecular Hbond substituents is 1. The molecule has 27 heavy (non-hydrogen) atoms. The van der Waals surface area contributed by atoms with E-state index in [1.807, 2.05) is 31.2 Å². The maximum atomic E-state index is 11.5. The van der Waals surface area contributed by atoms with Crippen molar-refractivity contribution in [3.8, 4) is 11.5 Å². The molecule has 1 saturated heterocycles. The Labute approximate surface area is 161 Å². The topological polar surface area (TPSA) is 49.8 Å². The van der Waals surface area contributed by atoms with E-state index >= 15 is 0 Å². The maximum Gasteiger partial charge on any atom is 0.132 e. The molecular weight excluding hydrogens is 338 g/mol. The van der Waals surface area contributed by atoms with E-state index in [2.05, 4.69) is 24.0 Å². The summed E-state index contributed by atoms with van der Waals surface area (Å²) >= 11 is 0. The minimum atomic E-state index is 0.0975. The fourth-order valence-electron chi connectivity index (χ4n) is 3.62. The van der Waals surface area contributed by atoms with Gasteiger partial charge in [0.2, 0.25) is 0 Å². The Hall–Kier alpha value is -2.49. The first-order chi connectivity index (χ1) is 12.9. The molecule has 2 aromatic carbocycles. The van der Waals surface area contributed by atoms with Crippen LogP contribution in [0.3, 0.4) is 0 Å². The second kappa shape index (κ2) is 8.47. The van der Waals surface area contributed by atoms with Gasteiger partial charge in [-0.2, -0.15) is 0 Å². The average Bonchev–Trinajstić information content (AvgIpc) is 3.11. The van der Waals surface area contributed by atoms with Gasteiger partial charge in [0.1, 0.15) is 23.4 Å². The van der Waals surface area contributed by atoms with Crippen molar-refractivity contribution in [1.29, 1.82) is 0 Å². The van der Waals surface area contributed by atoms with Gasteiger partial charge in [-0.3, -0.25) is 4.79 Å². The molecule has 4 nitrogen and oxygen atoms in total. The monoisotopic (exact) mass is 367 g/mol. The molecule has 0 spiro atoms. The molecule has 0 amide bonds. The Balaban J connectivity index is 1.54. The summed E-state index contributed by atoms with van der Waals surface area (Å²) in [5.41, 5.74) is 2.36. The number of Topliss-reactive ketones (excluding diaryl/α,β-unsaturated/α-hetero) is 1. The van der Waals surface area contributed by atoms with Gasteiger partial charge < -0.3 is 14.7 Å². The molecule has 1 aliphatic rings. The molecule has 0 aromatic heterocycles. The lowest BCUT2D eigenvalue weighted by Gasteiger charge is -2.19. The molecule has 2 aromatic rings. The number of nitrogens with zero attached hydrogens (tertiary/aromatic N) is 1. The van der Waals surface area contributed by atoms with Gasteiger partial charge in [0.15, 0.2) is 0 Å². The van der Waals surface area contributed by atoms with Crippen LogP contribution in [0.1, 0.15) is 45.1 Å². The SMILES string of the molecule is CC(=O)C(C)CC(C)c1ccc(OC2CCN(c3ccc(O)cc3)C2)cc1. The first-order valence-electron chi connectivity index (χ1n) is 9.73. The highest BCUT2D eigenvalue weighted by molar-refractivity contribution is 5.77. The number of rotatable bonds is 7. The van der Waals surface area contributed by atoms with E-state index in [4.69, 9.17) is 4.74 Å². The minimum Gasteiger partial charge on any atom is -0.508 e. The van der Waals surface area contributed by atoms with Crippen molar-refractivity contribution in [3.05, 3.63) is 54.1 Å². The average molecular weight is 367 g/mol. The summed E-state index contributed by atoms with van der Waals surface area (Å²) in [6.45, 7) is 7.63. The number of carbonyl (C=O) groups is 1. The first kappa shape index (κ1) is 19.3. The second-order valence-corrected chi connectivity index (χ2v) is 7.71. The van der Waals surface area contributed by atoms with Crippen molar-refractivity contribution in [3.63, 3.8) is 0 Å². The van der Waals surface area contributed by atoms with Crippen molar-refractivity contribution in [2.24, 2.45) is 5.92 Å². The third-order valence-corrected chi connectivity index (χ3v) is 5.51. The molecule has 0 aliphatic carbocycles. The fourth-order valence-corrected chi connectivity index (χ4v) is 3.62. The number of anilines is 1. The Morgan fingerprint density at radius 3 is 2.44 bits per heavy atom. The first-order valence-corrected chi connectivity index (χ1v) is 9.73.